The molecule has 288 valence electrons. The van der Waals surface area contributed by atoms with Crippen LogP contribution in [-0.2, 0) is 11.2 Å². The van der Waals surface area contributed by atoms with Gasteiger partial charge in [0.1, 0.15) is 56.7 Å². The van der Waals surface area contributed by atoms with Gasteiger partial charge >= 0.3 is 0 Å². The van der Waals surface area contributed by atoms with Crippen molar-refractivity contribution in [2.24, 2.45) is 0 Å². The molecule has 10 heteroatoms. The van der Waals surface area contributed by atoms with Crippen LogP contribution in [0.25, 0.3) is 11.0 Å². The largest absolute Gasteiger partial charge is 0.497 e. The number of aromatic amines is 2. The number of nitrogens with one attached hydrogen (secondary N) is 2. The van der Waals surface area contributed by atoms with Gasteiger partial charge in [-0.2, -0.15) is 0 Å². The van der Waals surface area contributed by atoms with E-state index >= 15 is 0 Å². The Morgan fingerprint density at radius 3 is 1.02 bits per heavy atom. The third-order valence-corrected chi connectivity index (χ3v) is 10.2. The molecule has 2 aliphatic rings. The minimum Gasteiger partial charge on any atom is -0.497 e. The van der Waals surface area contributed by atoms with Crippen LogP contribution in [-0.4, -0.2) is 34.4 Å². The first kappa shape index (κ1) is 37.5. The molecule has 2 aliphatic heterocycles. The molecule has 0 radical (unpaired) electrons. The quantitative estimate of drug-likeness (QED) is 0.140. The van der Waals surface area contributed by atoms with Crippen molar-refractivity contribution in [2.75, 3.05) is 14.2 Å². The molecule has 4 heterocycles. The topological polar surface area (TPSA) is 143 Å². The van der Waals surface area contributed by atoms with Crippen molar-refractivity contribution in [2.45, 2.75) is 11.2 Å². The molecule has 4 N–H and O–H groups in total. The van der Waals surface area contributed by atoms with E-state index in [0.29, 0.717) is 34.0 Å². The van der Waals surface area contributed by atoms with Crippen LogP contribution >= 0.6 is 0 Å². The SMILES string of the molecule is COc1ccc(C2(O)c3ccccc3Oc3ccccc32)cc1.COc1ccc(C2(O)c3ccccc3Oc3ccccc32)cc1.O=c1cc[nH]c2c(=O)cc[nH]c12. The Bertz CT molecular complexity index is 2560. The molecule has 0 bridgehead atoms. The smallest absolute Gasteiger partial charge is 0.205 e. The minimum atomic E-state index is -1.25. The number of hydrogen-bond acceptors (Lipinski definition) is 8. The standard InChI is InChI=1S/2C20H16O3.C8H6N2O2/c2*1-22-15-12-10-14(11-13-15)20(21)16-6-2-4-8-18(16)23-19-9-5-3-7-17(19)20;11-5-1-3-9-8-6(12)2-4-10-7(5)8/h2*2-13,21H,1H3;1-4H,(H,9,11)(H,10,12). The van der Waals surface area contributed by atoms with Gasteiger partial charge in [-0.05, 0) is 59.7 Å². The fraction of sp³-hybridized carbons (Fsp3) is 0.0833. The van der Waals surface area contributed by atoms with Gasteiger partial charge in [-0.25, -0.2) is 0 Å². The van der Waals surface area contributed by atoms with Crippen LogP contribution in [0.1, 0.15) is 33.4 Å². The molecule has 0 fully saturated rings. The van der Waals surface area contributed by atoms with E-state index in [-0.39, 0.29) is 10.9 Å². The molecule has 0 aliphatic carbocycles. The van der Waals surface area contributed by atoms with Gasteiger partial charge in [0.15, 0.2) is 0 Å². The van der Waals surface area contributed by atoms with Crippen molar-refractivity contribution in [3.8, 4) is 34.5 Å². The van der Waals surface area contributed by atoms with Crippen molar-refractivity contribution in [1.29, 1.82) is 0 Å². The zero-order chi connectivity index (χ0) is 40.3. The van der Waals surface area contributed by atoms with Crippen molar-refractivity contribution in [1.82, 2.24) is 9.97 Å². The molecule has 0 saturated carbocycles. The second-order valence-corrected chi connectivity index (χ2v) is 13.5. The first-order chi connectivity index (χ1) is 28.2. The predicted molar refractivity (Wildman–Crippen MR) is 221 cm³/mol. The lowest BCUT2D eigenvalue weighted by Gasteiger charge is -2.36. The zero-order valence-electron chi connectivity index (χ0n) is 31.5. The summed E-state index contributed by atoms with van der Waals surface area (Å²) in [6.07, 6.45) is 2.92. The number of methoxy groups -OCH3 is 2. The van der Waals surface area contributed by atoms with Gasteiger partial charge in [0, 0.05) is 46.8 Å². The summed E-state index contributed by atoms with van der Waals surface area (Å²) in [6, 6.07) is 48.1. The van der Waals surface area contributed by atoms with E-state index in [4.69, 9.17) is 18.9 Å². The minimum absolute atomic E-state index is 0.179. The van der Waals surface area contributed by atoms with E-state index in [9.17, 15) is 19.8 Å². The van der Waals surface area contributed by atoms with Gasteiger partial charge in [0.2, 0.25) is 10.9 Å². The van der Waals surface area contributed by atoms with Gasteiger partial charge in [0.25, 0.3) is 0 Å². The molecule has 8 aromatic rings. The van der Waals surface area contributed by atoms with Gasteiger partial charge < -0.3 is 39.1 Å². The van der Waals surface area contributed by atoms with E-state index < -0.39 is 11.2 Å². The van der Waals surface area contributed by atoms with E-state index in [0.717, 1.165) is 44.9 Å². The van der Waals surface area contributed by atoms with Crippen LogP contribution in [0, 0.1) is 0 Å². The predicted octanol–water partition coefficient (Wildman–Crippen LogP) is 8.39. The van der Waals surface area contributed by atoms with Crippen LogP contribution in [0.15, 0.2) is 180 Å². The third-order valence-electron chi connectivity index (χ3n) is 10.2. The zero-order valence-corrected chi connectivity index (χ0v) is 31.5. The van der Waals surface area contributed by atoms with E-state index in [1.54, 1.807) is 14.2 Å². The lowest BCUT2D eigenvalue weighted by molar-refractivity contribution is 0.112. The molecule has 0 spiro atoms. The van der Waals surface area contributed by atoms with Gasteiger partial charge in [-0.3, -0.25) is 9.59 Å². The summed E-state index contributed by atoms with van der Waals surface area (Å²) in [6.45, 7) is 0. The molecule has 0 atom stereocenters. The van der Waals surface area contributed by atoms with E-state index in [2.05, 4.69) is 9.97 Å². The number of hydrogen-bond donors (Lipinski definition) is 4. The summed E-state index contributed by atoms with van der Waals surface area (Å²) in [7, 11) is 3.26. The molecule has 10 nitrogen and oxygen atoms in total. The Kier molecular flexibility index (Phi) is 10.1. The first-order valence-electron chi connectivity index (χ1n) is 18.4. The summed E-state index contributed by atoms with van der Waals surface area (Å²) >= 11 is 0. The van der Waals surface area contributed by atoms with Gasteiger partial charge in [-0.1, -0.05) is 97.1 Å². The van der Waals surface area contributed by atoms with Crippen molar-refractivity contribution in [3.05, 3.63) is 224 Å². The maximum absolute atomic E-state index is 11.7. The number of para-hydroxylation sites is 4. The normalized spacial score (nSPS) is 13.5. The summed E-state index contributed by atoms with van der Waals surface area (Å²) in [5.74, 6) is 4.19. The highest BCUT2D eigenvalue weighted by atomic mass is 16.5. The average Bonchev–Trinajstić information content (AvgIpc) is 3.27. The Morgan fingerprint density at radius 2 is 0.724 bits per heavy atom. The lowest BCUT2D eigenvalue weighted by atomic mass is 9.78. The highest BCUT2D eigenvalue weighted by molar-refractivity contribution is 5.72. The fourth-order valence-corrected chi connectivity index (χ4v) is 7.33. The molecule has 6 aromatic carbocycles. The number of pyridine rings is 2. The summed E-state index contributed by atoms with van der Waals surface area (Å²) in [4.78, 5) is 27.7. The molecule has 58 heavy (non-hydrogen) atoms. The number of ether oxygens (including phenoxy) is 4. The van der Waals surface area contributed by atoms with Crippen LogP contribution in [0.3, 0.4) is 0 Å². The Morgan fingerprint density at radius 1 is 0.431 bits per heavy atom. The molecular formula is C48H38N2O8. The number of rotatable bonds is 4. The highest BCUT2D eigenvalue weighted by Crippen LogP contribution is 2.51. The number of aliphatic hydroxyl groups is 2. The van der Waals surface area contributed by atoms with Crippen molar-refractivity contribution in [3.63, 3.8) is 0 Å². The van der Waals surface area contributed by atoms with Crippen molar-refractivity contribution >= 4 is 11.0 Å². The molecular weight excluding hydrogens is 733 g/mol. The number of aromatic nitrogens is 2. The number of benzene rings is 6. The monoisotopic (exact) mass is 770 g/mol. The van der Waals surface area contributed by atoms with Crippen LogP contribution in [0.2, 0.25) is 0 Å². The van der Waals surface area contributed by atoms with Crippen LogP contribution in [0.4, 0.5) is 0 Å². The van der Waals surface area contributed by atoms with Crippen LogP contribution in [0.5, 0.6) is 34.5 Å². The Balaban J connectivity index is 0.000000128. The second-order valence-electron chi connectivity index (χ2n) is 13.5. The average molecular weight is 771 g/mol. The summed E-state index contributed by atoms with van der Waals surface area (Å²) < 4.78 is 22.4. The molecule has 10 rings (SSSR count). The Labute approximate surface area is 333 Å². The fourth-order valence-electron chi connectivity index (χ4n) is 7.33. The highest BCUT2D eigenvalue weighted by Gasteiger charge is 2.43. The van der Waals surface area contributed by atoms with E-state index in [1.807, 2.05) is 146 Å². The summed E-state index contributed by atoms with van der Waals surface area (Å²) in [5, 5.41) is 23.4. The van der Waals surface area contributed by atoms with Gasteiger partial charge in [-0.15, -0.1) is 0 Å². The molecule has 2 aromatic heterocycles. The maximum Gasteiger partial charge on any atom is 0.205 e. The van der Waals surface area contributed by atoms with Crippen molar-refractivity contribution < 1.29 is 29.2 Å². The molecule has 0 saturated heterocycles. The number of H-pyrrole nitrogens is 2. The van der Waals surface area contributed by atoms with E-state index in [1.165, 1.54) is 24.5 Å². The van der Waals surface area contributed by atoms with Crippen LogP contribution < -0.4 is 29.8 Å². The third kappa shape index (κ3) is 6.66. The first-order valence-corrected chi connectivity index (χ1v) is 18.4. The number of fused-ring (bicyclic) bond motifs is 5. The maximum atomic E-state index is 11.7. The van der Waals surface area contributed by atoms with Gasteiger partial charge in [0.05, 0.1) is 14.2 Å². The molecule has 0 amide bonds. The molecule has 0 unspecified atom stereocenters. The lowest BCUT2D eigenvalue weighted by Crippen LogP contribution is -2.32. The Hall–Kier alpha value is -7.40. The second kappa shape index (κ2) is 15.6. The summed E-state index contributed by atoms with van der Waals surface area (Å²) in [5.41, 5.74) is 2.30.